The van der Waals surface area contributed by atoms with Gasteiger partial charge >= 0.3 is 0 Å². The molecule has 1 heterocycles. The zero-order valence-electron chi connectivity index (χ0n) is 17.6. The first kappa shape index (κ1) is 20.5. The number of carbonyl (C=O) groups is 3. The molecule has 0 bridgehead atoms. The number of imide groups is 1. The van der Waals surface area contributed by atoms with Crippen LogP contribution in [0, 0.1) is 6.92 Å². The molecule has 0 saturated heterocycles. The number of anilines is 2. The van der Waals surface area contributed by atoms with Crippen LogP contribution in [0.15, 0.2) is 66.7 Å². The van der Waals surface area contributed by atoms with Crippen molar-refractivity contribution in [2.45, 2.75) is 33.1 Å². The van der Waals surface area contributed by atoms with Gasteiger partial charge in [-0.25, -0.2) is 4.90 Å². The molecule has 156 valence electrons. The smallest absolute Gasteiger partial charge is 0.266 e. The zero-order valence-corrected chi connectivity index (χ0v) is 17.6. The number of fused-ring (bicyclic) bond motifs is 1. The number of hydrogen-bond acceptors (Lipinski definition) is 3. The summed E-state index contributed by atoms with van der Waals surface area (Å²) in [4.78, 5) is 39.6. The maximum absolute atomic E-state index is 12.9. The number of amides is 3. The van der Waals surface area contributed by atoms with Crippen LogP contribution in [0.2, 0.25) is 0 Å². The van der Waals surface area contributed by atoms with Crippen molar-refractivity contribution in [1.29, 1.82) is 0 Å². The Kier molecular flexibility index (Phi) is 5.67. The van der Waals surface area contributed by atoms with Crippen LogP contribution >= 0.6 is 0 Å². The normalized spacial score (nSPS) is 12.8. The van der Waals surface area contributed by atoms with Crippen molar-refractivity contribution >= 4 is 29.1 Å². The fraction of sp³-hybridized carbons (Fsp3) is 0.192. The number of benzene rings is 3. The van der Waals surface area contributed by atoms with E-state index >= 15 is 0 Å². The molecule has 0 saturated carbocycles. The van der Waals surface area contributed by atoms with Crippen molar-refractivity contribution in [2.24, 2.45) is 0 Å². The molecule has 1 aliphatic rings. The van der Waals surface area contributed by atoms with Crippen molar-refractivity contribution < 1.29 is 14.4 Å². The maximum atomic E-state index is 12.9. The number of aryl methyl sites for hydroxylation is 2. The molecule has 0 radical (unpaired) electrons. The molecule has 0 aromatic heterocycles. The second-order valence-electron chi connectivity index (χ2n) is 7.80. The molecular weight excluding hydrogens is 388 g/mol. The van der Waals surface area contributed by atoms with E-state index in [2.05, 4.69) is 12.2 Å². The van der Waals surface area contributed by atoms with Gasteiger partial charge < -0.3 is 5.32 Å². The van der Waals surface area contributed by atoms with Gasteiger partial charge in [0, 0.05) is 11.3 Å². The molecule has 5 heteroatoms. The Bertz CT molecular complexity index is 1150. The van der Waals surface area contributed by atoms with Crippen molar-refractivity contribution in [1.82, 2.24) is 0 Å². The first-order valence-corrected chi connectivity index (χ1v) is 10.5. The Hall–Kier alpha value is -3.73. The fourth-order valence-corrected chi connectivity index (χ4v) is 3.65. The van der Waals surface area contributed by atoms with E-state index < -0.39 is 5.91 Å². The topological polar surface area (TPSA) is 66.5 Å². The number of carbonyl (C=O) groups excluding carboxylic acids is 3. The lowest BCUT2D eigenvalue weighted by Crippen LogP contribution is -2.29. The highest BCUT2D eigenvalue weighted by molar-refractivity contribution is 6.34. The molecular formula is C26H24N2O3. The molecule has 0 aliphatic carbocycles. The van der Waals surface area contributed by atoms with E-state index in [1.165, 1.54) is 11.6 Å². The Morgan fingerprint density at radius 1 is 0.871 bits per heavy atom. The summed E-state index contributed by atoms with van der Waals surface area (Å²) in [6, 6.07) is 19.6. The molecule has 0 unspecified atom stereocenters. The predicted octanol–water partition coefficient (Wildman–Crippen LogP) is 5.39. The van der Waals surface area contributed by atoms with Crippen LogP contribution in [0.3, 0.4) is 0 Å². The molecule has 31 heavy (non-hydrogen) atoms. The van der Waals surface area contributed by atoms with Gasteiger partial charge in [0.1, 0.15) is 0 Å². The van der Waals surface area contributed by atoms with Crippen LogP contribution in [0.1, 0.15) is 62.0 Å². The maximum Gasteiger partial charge on any atom is 0.266 e. The van der Waals surface area contributed by atoms with Gasteiger partial charge in [-0.1, -0.05) is 43.2 Å². The molecule has 4 rings (SSSR count). The van der Waals surface area contributed by atoms with Crippen LogP contribution in [0.5, 0.6) is 0 Å². The van der Waals surface area contributed by atoms with Gasteiger partial charge in [0.05, 0.1) is 16.8 Å². The molecule has 3 amide bonds. The summed E-state index contributed by atoms with van der Waals surface area (Å²) < 4.78 is 0. The van der Waals surface area contributed by atoms with Crippen LogP contribution in [0.4, 0.5) is 11.4 Å². The molecule has 0 spiro atoms. The highest BCUT2D eigenvalue weighted by Crippen LogP contribution is 2.29. The van der Waals surface area contributed by atoms with E-state index in [1.807, 2.05) is 43.3 Å². The number of rotatable bonds is 6. The standard InChI is InChI=1S/C26H24N2O3/c1-3-4-5-18-8-11-20(12-9-18)27-24(29)19-10-15-22-23(16-19)26(31)28(25(22)30)21-13-6-17(2)7-14-21/h6-16H,3-5H2,1-2H3,(H,27,29). The molecule has 3 aromatic rings. The summed E-state index contributed by atoms with van der Waals surface area (Å²) in [5, 5.41) is 2.86. The number of nitrogens with zero attached hydrogens (tertiary/aromatic N) is 1. The Morgan fingerprint density at radius 2 is 1.55 bits per heavy atom. The predicted molar refractivity (Wildman–Crippen MR) is 122 cm³/mol. The lowest BCUT2D eigenvalue weighted by molar-refractivity contribution is 0.0925. The van der Waals surface area contributed by atoms with Crippen LogP contribution in [-0.2, 0) is 6.42 Å². The van der Waals surface area contributed by atoms with Crippen molar-refractivity contribution in [3.63, 3.8) is 0 Å². The Morgan fingerprint density at radius 3 is 2.23 bits per heavy atom. The second kappa shape index (κ2) is 8.56. The van der Waals surface area contributed by atoms with Gasteiger partial charge in [0.15, 0.2) is 0 Å². The third-order valence-corrected chi connectivity index (χ3v) is 5.47. The van der Waals surface area contributed by atoms with Crippen molar-refractivity contribution in [3.8, 4) is 0 Å². The molecule has 1 N–H and O–H groups in total. The van der Waals surface area contributed by atoms with Gasteiger partial charge in [-0.3, -0.25) is 14.4 Å². The summed E-state index contributed by atoms with van der Waals surface area (Å²) in [6.07, 6.45) is 3.29. The Labute approximate surface area is 181 Å². The van der Waals surface area contributed by atoms with Crippen molar-refractivity contribution in [2.75, 3.05) is 10.2 Å². The molecule has 0 atom stereocenters. The minimum Gasteiger partial charge on any atom is -0.322 e. The summed E-state index contributed by atoms with van der Waals surface area (Å²) in [5.41, 5.74) is 4.37. The summed E-state index contributed by atoms with van der Waals surface area (Å²) in [7, 11) is 0. The van der Waals surface area contributed by atoms with E-state index in [-0.39, 0.29) is 17.4 Å². The summed E-state index contributed by atoms with van der Waals surface area (Å²) >= 11 is 0. The average Bonchev–Trinajstić information content (AvgIpc) is 3.03. The quantitative estimate of drug-likeness (QED) is 0.552. The molecule has 3 aromatic carbocycles. The van der Waals surface area contributed by atoms with E-state index in [0.29, 0.717) is 22.5 Å². The van der Waals surface area contributed by atoms with Crippen molar-refractivity contribution in [3.05, 3.63) is 94.5 Å². The van der Waals surface area contributed by atoms with E-state index in [9.17, 15) is 14.4 Å². The number of unbranched alkanes of at least 4 members (excludes halogenated alkanes) is 1. The summed E-state index contributed by atoms with van der Waals surface area (Å²) in [5.74, 6) is -1.12. The van der Waals surface area contributed by atoms with Gasteiger partial charge in [0.25, 0.3) is 17.7 Å². The van der Waals surface area contributed by atoms with Crippen LogP contribution in [-0.4, -0.2) is 17.7 Å². The van der Waals surface area contributed by atoms with Gasteiger partial charge in [-0.15, -0.1) is 0 Å². The highest BCUT2D eigenvalue weighted by Gasteiger charge is 2.37. The van der Waals surface area contributed by atoms with E-state index in [1.54, 1.807) is 24.3 Å². The van der Waals surface area contributed by atoms with E-state index in [4.69, 9.17) is 0 Å². The van der Waals surface area contributed by atoms with E-state index in [0.717, 1.165) is 29.7 Å². The molecule has 1 aliphatic heterocycles. The fourth-order valence-electron chi connectivity index (χ4n) is 3.65. The summed E-state index contributed by atoms with van der Waals surface area (Å²) in [6.45, 7) is 4.10. The first-order chi connectivity index (χ1) is 15.0. The monoisotopic (exact) mass is 412 g/mol. The first-order valence-electron chi connectivity index (χ1n) is 10.5. The lowest BCUT2D eigenvalue weighted by atomic mass is 10.0. The minimum atomic E-state index is -0.418. The molecule has 0 fully saturated rings. The van der Waals surface area contributed by atoms with Gasteiger partial charge in [-0.2, -0.15) is 0 Å². The van der Waals surface area contributed by atoms with Crippen LogP contribution in [0.25, 0.3) is 0 Å². The average molecular weight is 412 g/mol. The SMILES string of the molecule is CCCCc1ccc(NC(=O)c2ccc3c(c2)C(=O)N(c2ccc(C)cc2)C3=O)cc1. The lowest BCUT2D eigenvalue weighted by Gasteiger charge is -2.13. The third-order valence-electron chi connectivity index (χ3n) is 5.47. The van der Waals surface area contributed by atoms with Crippen LogP contribution < -0.4 is 10.2 Å². The number of nitrogens with one attached hydrogen (secondary N) is 1. The van der Waals surface area contributed by atoms with Gasteiger partial charge in [-0.05, 0) is 67.8 Å². The highest BCUT2D eigenvalue weighted by atomic mass is 16.2. The Balaban J connectivity index is 1.53. The second-order valence-corrected chi connectivity index (χ2v) is 7.80. The minimum absolute atomic E-state index is 0.244. The number of hydrogen-bond donors (Lipinski definition) is 1. The third kappa shape index (κ3) is 4.12. The largest absolute Gasteiger partial charge is 0.322 e. The molecule has 5 nitrogen and oxygen atoms in total. The zero-order chi connectivity index (χ0) is 22.0. The van der Waals surface area contributed by atoms with Gasteiger partial charge in [0.2, 0.25) is 0 Å².